The zero-order valence-corrected chi connectivity index (χ0v) is 17.4. The van der Waals surface area contributed by atoms with Gasteiger partial charge in [-0.2, -0.15) is 0 Å². The van der Waals surface area contributed by atoms with Crippen molar-refractivity contribution in [3.8, 4) is 0 Å². The molecule has 1 spiro atoms. The van der Waals surface area contributed by atoms with E-state index in [1.807, 2.05) is 32.9 Å². The van der Waals surface area contributed by atoms with E-state index in [0.717, 1.165) is 11.1 Å². The largest absolute Gasteiger partial charge is 0.315 e. The van der Waals surface area contributed by atoms with Crippen molar-refractivity contribution in [2.75, 3.05) is 17.2 Å². The van der Waals surface area contributed by atoms with Gasteiger partial charge in [-0.05, 0) is 25.1 Å². The molecule has 1 unspecified atom stereocenters. The maximum absolute atomic E-state index is 14.3. The van der Waals surface area contributed by atoms with E-state index >= 15 is 0 Å². The molecule has 2 aromatic rings. The summed E-state index contributed by atoms with van der Waals surface area (Å²) in [6.07, 6.45) is 0. The molecule has 7 heteroatoms. The van der Waals surface area contributed by atoms with Gasteiger partial charge in [0, 0.05) is 29.3 Å². The fraction of sp³-hybridized carbons (Fsp3) is 0.364. The van der Waals surface area contributed by atoms with E-state index in [1.54, 1.807) is 11.0 Å². The highest BCUT2D eigenvalue weighted by atomic mass is 32.2. The highest BCUT2D eigenvalue weighted by Crippen LogP contribution is 2.55. The monoisotopic (exact) mass is 416 g/mol. The van der Waals surface area contributed by atoms with Crippen molar-refractivity contribution in [2.24, 2.45) is 5.92 Å². The minimum atomic E-state index is -1.18. The van der Waals surface area contributed by atoms with Gasteiger partial charge >= 0.3 is 0 Å². The van der Waals surface area contributed by atoms with Crippen LogP contribution in [0.15, 0.2) is 36.4 Å². The van der Waals surface area contributed by atoms with Gasteiger partial charge in [0.2, 0.25) is 5.91 Å². The van der Waals surface area contributed by atoms with Crippen molar-refractivity contribution >= 4 is 29.3 Å². The molecule has 0 bridgehead atoms. The van der Waals surface area contributed by atoms with E-state index in [1.165, 1.54) is 34.9 Å². The predicted molar refractivity (Wildman–Crippen MR) is 109 cm³/mol. The van der Waals surface area contributed by atoms with Crippen LogP contribution in [0.2, 0.25) is 0 Å². The molecule has 4 rings (SSSR count). The number of amides is 2. The third-order valence-corrected chi connectivity index (χ3v) is 6.91. The Balaban J connectivity index is 1.85. The van der Waals surface area contributed by atoms with Crippen LogP contribution >= 0.6 is 11.8 Å². The number of benzene rings is 2. The van der Waals surface area contributed by atoms with Crippen LogP contribution in [0.1, 0.15) is 30.5 Å². The van der Waals surface area contributed by atoms with Crippen LogP contribution in [-0.4, -0.2) is 29.0 Å². The van der Waals surface area contributed by atoms with E-state index in [4.69, 9.17) is 0 Å². The Morgan fingerprint density at radius 1 is 1.21 bits per heavy atom. The van der Waals surface area contributed by atoms with Crippen molar-refractivity contribution in [1.29, 1.82) is 0 Å². The second-order valence-electron chi connectivity index (χ2n) is 7.75. The molecule has 0 N–H and O–H groups in total. The first kappa shape index (κ1) is 19.9. The average Bonchev–Trinajstić information content (AvgIpc) is 3.21. The first-order valence-corrected chi connectivity index (χ1v) is 10.6. The van der Waals surface area contributed by atoms with Crippen LogP contribution in [0.5, 0.6) is 0 Å². The minimum absolute atomic E-state index is 0.102. The molecule has 0 aromatic heterocycles. The van der Waals surface area contributed by atoms with Gasteiger partial charge in [-0.25, -0.2) is 8.78 Å². The number of nitrogens with zero attached hydrogens (tertiary/aromatic N) is 2. The van der Waals surface area contributed by atoms with Crippen LogP contribution < -0.4 is 4.90 Å². The zero-order chi connectivity index (χ0) is 20.9. The lowest BCUT2D eigenvalue weighted by molar-refractivity contribution is -0.142. The van der Waals surface area contributed by atoms with Gasteiger partial charge in [0.15, 0.2) is 4.87 Å². The van der Waals surface area contributed by atoms with Gasteiger partial charge in [-0.1, -0.05) is 37.6 Å². The molecule has 4 nitrogen and oxygen atoms in total. The molecule has 0 radical (unpaired) electrons. The predicted octanol–water partition coefficient (Wildman–Crippen LogP) is 4.20. The number of carbonyl (C=O) groups is 2. The summed E-state index contributed by atoms with van der Waals surface area (Å²) >= 11 is 1.41. The van der Waals surface area contributed by atoms with Gasteiger partial charge in [0.05, 0.1) is 12.2 Å². The summed E-state index contributed by atoms with van der Waals surface area (Å²) in [5, 5.41) is 0. The molecule has 2 aromatic carbocycles. The molecular weight excluding hydrogens is 394 g/mol. The number of anilines is 1. The number of thioether (sulfide) groups is 1. The van der Waals surface area contributed by atoms with E-state index in [9.17, 15) is 18.4 Å². The Morgan fingerprint density at radius 3 is 2.55 bits per heavy atom. The summed E-state index contributed by atoms with van der Waals surface area (Å²) in [4.78, 5) is 28.5. The van der Waals surface area contributed by atoms with E-state index in [-0.39, 0.29) is 29.8 Å². The molecule has 0 aliphatic carbocycles. The van der Waals surface area contributed by atoms with Crippen molar-refractivity contribution in [3.63, 3.8) is 0 Å². The van der Waals surface area contributed by atoms with Crippen LogP contribution in [0.4, 0.5) is 14.5 Å². The fourth-order valence-corrected chi connectivity index (χ4v) is 5.52. The number of hydrogen-bond acceptors (Lipinski definition) is 3. The third-order valence-electron chi connectivity index (χ3n) is 5.49. The van der Waals surface area contributed by atoms with E-state index in [0.29, 0.717) is 18.0 Å². The molecule has 1 saturated heterocycles. The summed E-state index contributed by atoms with van der Waals surface area (Å²) in [7, 11) is 0. The molecule has 0 saturated carbocycles. The van der Waals surface area contributed by atoms with E-state index in [2.05, 4.69) is 0 Å². The second kappa shape index (κ2) is 7.13. The Morgan fingerprint density at radius 2 is 1.90 bits per heavy atom. The molecule has 29 heavy (non-hydrogen) atoms. The fourth-order valence-electron chi connectivity index (χ4n) is 4.06. The molecule has 1 atom stereocenters. The number of halogens is 2. The maximum atomic E-state index is 14.3. The second-order valence-corrected chi connectivity index (χ2v) is 9.04. The Kier molecular flexibility index (Phi) is 4.89. The van der Waals surface area contributed by atoms with Crippen LogP contribution in [0.25, 0.3) is 0 Å². The highest BCUT2D eigenvalue weighted by Gasteiger charge is 2.59. The quantitative estimate of drug-likeness (QED) is 0.753. The Labute approximate surface area is 172 Å². The molecule has 1 fully saturated rings. The van der Waals surface area contributed by atoms with Crippen LogP contribution in [-0.2, 0) is 21.0 Å². The van der Waals surface area contributed by atoms with Gasteiger partial charge < -0.3 is 9.80 Å². The summed E-state index contributed by atoms with van der Waals surface area (Å²) in [5.74, 6) is -1.45. The van der Waals surface area contributed by atoms with Gasteiger partial charge in [-0.3, -0.25) is 9.59 Å². The SMILES string of the molecule is Cc1ccc2c(c1)C1(SCCN1C(=O)C(C)C)C(=O)N2Cc1c(F)cccc1F. The first-order chi connectivity index (χ1) is 13.8. The lowest BCUT2D eigenvalue weighted by atomic mass is 10.0. The number of carbonyl (C=O) groups excluding carboxylic acids is 2. The standard InChI is InChI=1S/C22H22F2N2O2S/c1-13(2)20(27)26-9-10-29-22(26)16-11-14(3)7-8-19(16)25(21(22)28)12-15-17(23)5-4-6-18(15)24/h4-8,11,13H,9-10,12H2,1-3H3. The van der Waals surface area contributed by atoms with Gasteiger partial charge in [0.1, 0.15) is 11.6 Å². The number of rotatable bonds is 3. The highest BCUT2D eigenvalue weighted by molar-refractivity contribution is 8.01. The van der Waals surface area contributed by atoms with Gasteiger partial charge in [-0.15, -0.1) is 11.8 Å². The third kappa shape index (κ3) is 2.94. The Hall–Kier alpha value is -2.41. The summed E-state index contributed by atoms with van der Waals surface area (Å²) < 4.78 is 28.6. The average molecular weight is 416 g/mol. The van der Waals surface area contributed by atoms with Crippen molar-refractivity contribution in [1.82, 2.24) is 4.90 Å². The van der Waals surface area contributed by atoms with Crippen molar-refractivity contribution in [3.05, 3.63) is 64.7 Å². The molecule has 2 amide bonds. The van der Waals surface area contributed by atoms with Crippen LogP contribution in [0.3, 0.4) is 0 Å². The van der Waals surface area contributed by atoms with Crippen molar-refractivity contribution < 1.29 is 18.4 Å². The van der Waals surface area contributed by atoms with Gasteiger partial charge in [0.25, 0.3) is 5.91 Å². The number of hydrogen-bond donors (Lipinski definition) is 0. The molecular formula is C22H22F2N2O2S. The lowest BCUT2D eigenvalue weighted by Crippen LogP contribution is -2.51. The van der Waals surface area contributed by atoms with Crippen molar-refractivity contribution in [2.45, 2.75) is 32.2 Å². The summed E-state index contributed by atoms with van der Waals surface area (Å²) in [6, 6.07) is 9.24. The van der Waals surface area contributed by atoms with Crippen LogP contribution in [0, 0.1) is 24.5 Å². The summed E-state index contributed by atoms with van der Waals surface area (Å²) in [5.41, 5.74) is 2.11. The summed E-state index contributed by atoms with van der Waals surface area (Å²) in [6.45, 7) is 5.78. The minimum Gasteiger partial charge on any atom is -0.315 e. The molecule has 2 aliphatic rings. The maximum Gasteiger partial charge on any atom is 0.268 e. The number of fused-ring (bicyclic) bond motifs is 2. The number of aryl methyl sites for hydroxylation is 1. The zero-order valence-electron chi connectivity index (χ0n) is 16.5. The lowest BCUT2D eigenvalue weighted by Gasteiger charge is -2.34. The Bertz CT molecular complexity index is 990. The van der Waals surface area contributed by atoms with E-state index < -0.39 is 16.5 Å². The first-order valence-electron chi connectivity index (χ1n) is 9.58. The molecule has 2 heterocycles. The smallest absolute Gasteiger partial charge is 0.268 e. The normalized spacial score (nSPS) is 20.8. The topological polar surface area (TPSA) is 40.6 Å². The molecule has 152 valence electrons. The molecule has 2 aliphatic heterocycles.